The predicted molar refractivity (Wildman–Crippen MR) is 98.0 cm³/mol. The Balaban J connectivity index is 1.41. The van der Waals surface area contributed by atoms with Gasteiger partial charge in [-0.15, -0.1) is 0 Å². The van der Waals surface area contributed by atoms with Crippen LogP contribution in [0.5, 0.6) is 0 Å². The zero-order valence-corrected chi connectivity index (χ0v) is 15.6. The van der Waals surface area contributed by atoms with Gasteiger partial charge in [0.25, 0.3) is 0 Å². The van der Waals surface area contributed by atoms with E-state index in [1.165, 1.54) is 0 Å². The molecule has 0 aliphatic carbocycles. The number of nitrogens with one attached hydrogen (secondary N) is 2. The van der Waals surface area contributed by atoms with Crippen molar-refractivity contribution >= 4 is 11.9 Å². The minimum atomic E-state index is -0.450. The third-order valence-electron chi connectivity index (χ3n) is 4.79. The van der Waals surface area contributed by atoms with Crippen molar-refractivity contribution in [3.8, 4) is 11.5 Å². The van der Waals surface area contributed by atoms with E-state index in [1.807, 2.05) is 32.9 Å². The molecule has 27 heavy (non-hydrogen) atoms. The van der Waals surface area contributed by atoms with E-state index in [2.05, 4.69) is 20.6 Å². The zero-order valence-electron chi connectivity index (χ0n) is 15.6. The molecule has 2 aliphatic heterocycles. The molecule has 0 aromatic carbocycles. The molecule has 0 radical (unpaired) electrons. The summed E-state index contributed by atoms with van der Waals surface area (Å²) in [5.74, 6) is 1.17. The Hall–Kier alpha value is -2.45. The van der Waals surface area contributed by atoms with E-state index >= 15 is 0 Å². The average molecular weight is 372 g/mol. The number of rotatable bonds is 4. The predicted octanol–water partition coefficient (Wildman–Crippen LogP) is 1.85. The van der Waals surface area contributed by atoms with Crippen LogP contribution >= 0.6 is 0 Å². The molecule has 2 aromatic heterocycles. The second-order valence-electron chi connectivity index (χ2n) is 7.92. The van der Waals surface area contributed by atoms with Crippen LogP contribution in [-0.4, -0.2) is 53.4 Å². The maximum Gasteiger partial charge on any atom is 0.225 e. The second kappa shape index (κ2) is 6.94. The van der Waals surface area contributed by atoms with Crippen molar-refractivity contribution in [3.63, 3.8) is 0 Å². The average Bonchev–Trinajstić information content (AvgIpc) is 3.35. The summed E-state index contributed by atoms with van der Waals surface area (Å²) in [6, 6.07) is 5.23. The van der Waals surface area contributed by atoms with Crippen molar-refractivity contribution in [1.82, 2.24) is 15.3 Å². The van der Waals surface area contributed by atoms with Crippen molar-refractivity contribution in [2.24, 2.45) is 5.41 Å². The molecule has 8 nitrogen and oxygen atoms in total. The van der Waals surface area contributed by atoms with Crippen LogP contribution in [0, 0.1) is 5.41 Å². The molecule has 2 aliphatic rings. The molecule has 4 rings (SSSR count). The summed E-state index contributed by atoms with van der Waals surface area (Å²) < 4.78 is 17.2. The molecule has 4 heterocycles. The van der Waals surface area contributed by atoms with Gasteiger partial charge in [0.1, 0.15) is 17.9 Å². The largest absolute Gasteiger partial charge is 0.463 e. The lowest BCUT2D eigenvalue weighted by Gasteiger charge is -2.23. The van der Waals surface area contributed by atoms with Crippen molar-refractivity contribution in [3.05, 3.63) is 30.7 Å². The Bertz CT molecular complexity index is 802. The van der Waals surface area contributed by atoms with Gasteiger partial charge < -0.3 is 24.5 Å². The number of furan rings is 1. The smallest absolute Gasteiger partial charge is 0.225 e. The minimum Gasteiger partial charge on any atom is -0.463 e. The fourth-order valence-corrected chi connectivity index (χ4v) is 3.29. The summed E-state index contributed by atoms with van der Waals surface area (Å²) >= 11 is 0. The van der Waals surface area contributed by atoms with Crippen molar-refractivity contribution < 1.29 is 18.7 Å². The quantitative estimate of drug-likeness (QED) is 0.845. The van der Waals surface area contributed by atoms with E-state index in [4.69, 9.17) is 13.9 Å². The Kier molecular flexibility index (Phi) is 4.61. The van der Waals surface area contributed by atoms with Gasteiger partial charge in [-0.25, -0.2) is 9.97 Å². The van der Waals surface area contributed by atoms with Crippen molar-refractivity contribution in [2.45, 2.75) is 45.1 Å². The molecule has 2 saturated heterocycles. The van der Waals surface area contributed by atoms with Crippen LogP contribution in [0.15, 0.2) is 35.1 Å². The number of carbonyl (C=O) groups excluding carboxylic acids is 1. The molecule has 2 N–H and O–H groups in total. The number of aromatic nitrogens is 2. The third-order valence-corrected chi connectivity index (χ3v) is 4.79. The summed E-state index contributed by atoms with van der Waals surface area (Å²) in [7, 11) is 0. The fraction of sp³-hybridized carbons (Fsp3) is 0.526. The first-order valence-electron chi connectivity index (χ1n) is 9.09. The van der Waals surface area contributed by atoms with Crippen LogP contribution in [0.3, 0.4) is 0 Å². The van der Waals surface area contributed by atoms with Gasteiger partial charge in [0.15, 0.2) is 5.76 Å². The number of carbonyl (C=O) groups is 1. The van der Waals surface area contributed by atoms with Gasteiger partial charge in [-0.1, -0.05) is 20.8 Å². The Labute approximate surface area is 157 Å². The van der Waals surface area contributed by atoms with Gasteiger partial charge >= 0.3 is 0 Å². The molecule has 2 fully saturated rings. The first-order valence-corrected chi connectivity index (χ1v) is 9.09. The maximum atomic E-state index is 12.3. The lowest BCUT2D eigenvalue weighted by atomic mass is 9.94. The number of fused-ring (bicyclic) bond motifs is 1. The molecule has 2 aromatic rings. The lowest BCUT2D eigenvalue weighted by molar-refractivity contribution is -0.129. The van der Waals surface area contributed by atoms with Gasteiger partial charge in [0, 0.05) is 11.6 Å². The van der Waals surface area contributed by atoms with Crippen LogP contribution in [0.1, 0.15) is 20.8 Å². The molecule has 0 saturated carbocycles. The molecule has 144 valence electrons. The molecular formula is C19H24N4O4. The Morgan fingerprint density at radius 2 is 1.89 bits per heavy atom. The Morgan fingerprint density at radius 3 is 2.59 bits per heavy atom. The maximum absolute atomic E-state index is 12.3. The van der Waals surface area contributed by atoms with E-state index in [9.17, 15) is 4.79 Å². The van der Waals surface area contributed by atoms with Crippen LogP contribution in [-0.2, 0) is 14.3 Å². The second-order valence-corrected chi connectivity index (χ2v) is 7.92. The highest BCUT2D eigenvalue weighted by Gasteiger charge is 2.48. The normalized spacial score (nSPS) is 27.4. The first-order chi connectivity index (χ1) is 12.9. The van der Waals surface area contributed by atoms with Gasteiger partial charge in [-0.3, -0.25) is 4.79 Å². The molecule has 0 spiro atoms. The first kappa shape index (κ1) is 17.9. The van der Waals surface area contributed by atoms with E-state index in [0.717, 1.165) is 0 Å². The monoisotopic (exact) mass is 372 g/mol. The van der Waals surface area contributed by atoms with Gasteiger partial charge in [-0.2, -0.15) is 0 Å². The molecule has 0 bridgehead atoms. The molecular weight excluding hydrogens is 348 g/mol. The van der Waals surface area contributed by atoms with Gasteiger partial charge in [-0.05, 0) is 18.2 Å². The number of anilines is 1. The highest BCUT2D eigenvalue weighted by Crippen LogP contribution is 2.29. The highest BCUT2D eigenvalue weighted by atomic mass is 16.6. The summed E-state index contributed by atoms with van der Waals surface area (Å²) in [5, 5.41) is 6.33. The number of amides is 1. The van der Waals surface area contributed by atoms with Crippen LogP contribution < -0.4 is 10.6 Å². The molecule has 0 unspecified atom stereocenters. The van der Waals surface area contributed by atoms with Crippen molar-refractivity contribution in [2.75, 3.05) is 18.5 Å². The van der Waals surface area contributed by atoms with Crippen LogP contribution in [0.4, 0.5) is 5.95 Å². The van der Waals surface area contributed by atoms with E-state index in [-0.39, 0.29) is 30.2 Å². The third kappa shape index (κ3) is 3.68. The summed E-state index contributed by atoms with van der Waals surface area (Å²) in [6.45, 7) is 6.56. The number of ether oxygens (including phenoxy) is 2. The molecule has 8 heteroatoms. The van der Waals surface area contributed by atoms with Gasteiger partial charge in [0.05, 0.1) is 31.6 Å². The lowest BCUT2D eigenvalue weighted by Crippen LogP contribution is -2.48. The summed E-state index contributed by atoms with van der Waals surface area (Å²) in [5.41, 5.74) is 0.254. The Morgan fingerprint density at radius 1 is 1.15 bits per heavy atom. The van der Waals surface area contributed by atoms with Crippen LogP contribution in [0.25, 0.3) is 11.5 Å². The molecule has 4 atom stereocenters. The van der Waals surface area contributed by atoms with Crippen LogP contribution in [0.2, 0.25) is 0 Å². The van der Waals surface area contributed by atoms with E-state index in [0.29, 0.717) is 30.6 Å². The number of hydrogen-bond donors (Lipinski definition) is 2. The standard InChI is InChI=1S/C19H24N4O4/c1-19(2,3)17(24)21-12-9-26-16-13(10-27-15(12)16)23-18-20-7-6-11(22-18)14-5-4-8-25-14/h4-8,12-13,15-16H,9-10H2,1-3H3,(H,21,24)(H,20,22,23)/t12-,13-,15+,16+/m0/s1. The minimum absolute atomic E-state index is 0.00811. The SMILES string of the molecule is CC(C)(C)C(=O)N[C@H]1CO[C@H]2[C@@H]1OC[C@@H]2Nc1nccc(-c2ccco2)n1. The topological polar surface area (TPSA) is 98.5 Å². The number of hydrogen-bond acceptors (Lipinski definition) is 7. The zero-order chi connectivity index (χ0) is 19.0. The highest BCUT2D eigenvalue weighted by molar-refractivity contribution is 5.81. The van der Waals surface area contributed by atoms with Crippen molar-refractivity contribution in [1.29, 1.82) is 0 Å². The fourth-order valence-electron chi connectivity index (χ4n) is 3.29. The summed E-state index contributed by atoms with van der Waals surface area (Å²) in [4.78, 5) is 21.0. The summed E-state index contributed by atoms with van der Waals surface area (Å²) in [6.07, 6.45) is 2.95. The van der Waals surface area contributed by atoms with Gasteiger partial charge in [0.2, 0.25) is 11.9 Å². The van der Waals surface area contributed by atoms with E-state index < -0.39 is 5.41 Å². The van der Waals surface area contributed by atoms with E-state index in [1.54, 1.807) is 18.5 Å². The molecule has 1 amide bonds. The number of nitrogens with zero attached hydrogens (tertiary/aromatic N) is 2.